The molecule has 0 bridgehead atoms. The van der Waals surface area contributed by atoms with Gasteiger partial charge in [0, 0.05) is 17.3 Å². The van der Waals surface area contributed by atoms with Crippen molar-refractivity contribution in [2.45, 2.75) is 13.8 Å². The van der Waals surface area contributed by atoms with E-state index in [1.165, 1.54) is 5.56 Å². The highest BCUT2D eigenvalue weighted by Gasteiger charge is 2.19. The molecule has 132 valence electrons. The molecule has 0 saturated heterocycles. The van der Waals surface area contributed by atoms with Crippen molar-refractivity contribution in [1.82, 2.24) is 14.4 Å². The minimum atomic E-state index is 0.471. The van der Waals surface area contributed by atoms with Crippen LogP contribution < -0.4 is 4.74 Å². The molecular formula is C22H18N4O. The number of ether oxygens (including phenoxy) is 1. The van der Waals surface area contributed by atoms with E-state index in [0.29, 0.717) is 17.1 Å². The molecule has 0 radical (unpaired) electrons. The lowest BCUT2D eigenvalue weighted by molar-refractivity contribution is 0.401. The highest BCUT2D eigenvalue weighted by molar-refractivity contribution is 5.81. The fourth-order valence-electron chi connectivity index (χ4n) is 3.17. The molecule has 27 heavy (non-hydrogen) atoms. The molecule has 0 N–H and O–H groups in total. The lowest BCUT2D eigenvalue weighted by Gasteiger charge is -2.14. The summed E-state index contributed by atoms with van der Waals surface area (Å²) in [7, 11) is 1.60. The van der Waals surface area contributed by atoms with Crippen LogP contribution in [-0.2, 0) is 0 Å². The highest BCUT2D eigenvalue weighted by atomic mass is 16.5. The minimum absolute atomic E-state index is 0.471. The molecule has 0 spiro atoms. The van der Waals surface area contributed by atoms with Crippen LogP contribution in [0.15, 0.2) is 54.7 Å². The standard InChI is InChI=1S/C22H18N4O/c1-14-4-8-18(9-5-14)20-19(17-10-6-16(12-23)7-11-17)25-22(27-3)21-24-15(2)13-26(20)21/h4-11,13H,1-3H3. The molecule has 0 aliphatic rings. The Kier molecular flexibility index (Phi) is 4.09. The number of nitriles is 1. The van der Waals surface area contributed by atoms with E-state index in [9.17, 15) is 0 Å². The molecule has 0 saturated carbocycles. The van der Waals surface area contributed by atoms with Crippen LogP contribution in [0.4, 0.5) is 0 Å². The van der Waals surface area contributed by atoms with Gasteiger partial charge in [-0.25, -0.2) is 9.97 Å². The summed E-state index contributed by atoms with van der Waals surface area (Å²) in [4.78, 5) is 9.35. The van der Waals surface area contributed by atoms with Crippen molar-refractivity contribution >= 4 is 5.65 Å². The highest BCUT2D eigenvalue weighted by Crippen LogP contribution is 2.35. The minimum Gasteiger partial charge on any atom is -0.478 e. The molecule has 5 heteroatoms. The summed E-state index contributed by atoms with van der Waals surface area (Å²) in [5.41, 5.74) is 7.05. The van der Waals surface area contributed by atoms with Gasteiger partial charge in [0.1, 0.15) is 0 Å². The molecule has 2 aromatic carbocycles. The van der Waals surface area contributed by atoms with Gasteiger partial charge in [0.2, 0.25) is 5.65 Å². The first-order valence-corrected chi connectivity index (χ1v) is 8.62. The number of methoxy groups -OCH3 is 1. The van der Waals surface area contributed by atoms with Crippen molar-refractivity contribution in [2.75, 3.05) is 7.11 Å². The predicted molar refractivity (Wildman–Crippen MR) is 105 cm³/mol. The number of nitrogens with zero attached hydrogens (tertiary/aromatic N) is 4. The maximum absolute atomic E-state index is 9.09. The molecule has 2 aromatic heterocycles. The van der Waals surface area contributed by atoms with Crippen molar-refractivity contribution in [1.29, 1.82) is 5.26 Å². The number of hydrogen-bond donors (Lipinski definition) is 0. The summed E-state index contributed by atoms with van der Waals surface area (Å²) in [6, 6.07) is 17.9. The Balaban J connectivity index is 2.07. The number of fused-ring (bicyclic) bond motifs is 1. The van der Waals surface area contributed by atoms with Crippen molar-refractivity contribution < 1.29 is 4.74 Å². The Morgan fingerprint density at radius 1 is 0.926 bits per heavy atom. The Morgan fingerprint density at radius 2 is 1.59 bits per heavy atom. The van der Waals surface area contributed by atoms with Gasteiger partial charge in [-0.05, 0) is 26.0 Å². The summed E-state index contributed by atoms with van der Waals surface area (Å²) in [5, 5.41) is 9.09. The summed E-state index contributed by atoms with van der Waals surface area (Å²) in [6.45, 7) is 4.02. The maximum Gasteiger partial charge on any atom is 0.258 e. The first-order valence-electron chi connectivity index (χ1n) is 8.62. The van der Waals surface area contributed by atoms with Gasteiger partial charge in [-0.3, -0.25) is 4.40 Å². The largest absolute Gasteiger partial charge is 0.478 e. The third-order valence-electron chi connectivity index (χ3n) is 4.50. The molecular weight excluding hydrogens is 336 g/mol. The van der Waals surface area contributed by atoms with Crippen LogP contribution in [0.5, 0.6) is 5.88 Å². The Labute approximate surface area is 157 Å². The van der Waals surface area contributed by atoms with Gasteiger partial charge in [-0.1, -0.05) is 42.0 Å². The van der Waals surface area contributed by atoms with Crippen molar-refractivity contribution in [3.05, 3.63) is 71.5 Å². The maximum atomic E-state index is 9.09. The van der Waals surface area contributed by atoms with E-state index in [1.807, 2.05) is 29.7 Å². The number of rotatable bonds is 3. The Bertz CT molecular complexity index is 1170. The van der Waals surface area contributed by atoms with E-state index in [0.717, 1.165) is 28.2 Å². The molecule has 5 nitrogen and oxygen atoms in total. The zero-order valence-corrected chi connectivity index (χ0v) is 15.4. The topological polar surface area (TPSA) is 63.2 Å². The van der Waals surface area contributed by atoms with Crippen LogP contribution in [0.2, 0.25) is 0 Å². The summed E-state index contributed by atoms with van der Waals surface area (Å²) in [6.07, 6.45) is 1.99. The number of benzene rings is 2. The summed E-state index contributed by atoms with van der Waals surface area (Å²) >= 11 is 0. The second kappa shape index (κ2) is 6.58. The van der Waals surface area contributed by atoms with Crippen molar-refractivity contribution in [3.8, 4) is 34.5 Å². The first kappa shape index (κ1) is 16.8. The van der Waals surface area contributed by atoms with E-state index < -0.39 is 0 Å². The van der Waals surface area contributed by atoms with Crippen LogP contribution in [0.3, 0.4) is 0 Å². The van der Waals surface area contributed by atoms with Gasteiger partial charge in [-0.2, -0.15) is 5.26 Å². The average molecular weight is 354 g/mol. The fourth-order valence-corrected chi connectivity index (χ4v) is 3.17. The van der Waals surface area contributed by atoms with Crippen molar-refractivity contribution in [2.24, 2.45) is 0 Å². The average Bonchev–Trinajstić information content (AvgIpc) is 3.09. The van der Waals surface area contributed by atoms with Crippen LogP contribution in [0.1, 0.15) is 16.8 Å². The number of imidazole rings is 1. The second-order valence-electron chi connectivity index (χ2n) is 6.45. The van der Waals surface area contributed by atoms with Crippen LogP contribution in [0, 0.1) is 25.2 Å². The predicted octanol–water partition coefficient (Wildman–Crippen LogP) is 4.56. The van der Waals surface area contributed by atoms with Crippen LogP contribution >= 0.6 is 0 Å². The molecule has 0 atom stereocenters. The van der Waals surface area contributed by atoms with Gasteiger partial charge in [0.15, 0.2) is 0 Å². The molecule has 0 aliphatic carbocycles. The van der Waals surface area contributed by atoms with E-state index >= 15 is 0 Å². The van der Waals surface area contributed by atoms with E-state index in [2.05, 4.69) is 42.2 Å². The van der Waals surface area contributed by atoms with E-state index in [-0.39, 0.29) is 0 Å². The molecule has 4 aromatic rings. The Morgan fingerprint density at radius 3 is 2.22 bits per heavy atom. The SMILES string of the molecule is COc1nc(-c2ccc(C#N)cc2)c(-c2ccc(C)cc2)n2cc(C)nc12. The summed E-state index contributed by atoms with van der Waals surface area (Å²) in [5.74, 6) is 0.471. The zero-order chi connectivity index (χ0) is 19.0. The Hall–Kier alpha value is -3.65. The van der Waals surface area contributed by atoms with E-state index in [1.54, 1.807) is 19.2 Å². The molecule has 0 amide bonds. The molecule has 2 heterocycles. The lowest BCUT2D eigenvalue weighted by atomic mass is 10.0. The molecule has 0 aliphatic heterocycles. The second-order valence-corrected chi connectivity index (χ2v) is 6.45. The smallest absolute Gasteiger partial charge is 0.258 e. The third-order valence-corrected chi connectivity index (χ3v) is 4.50. The monoisotopic (exact) mass is 354 g/mol. The first-order chi connectivity index (χ1) is 13.1. The van der Waals surface area contributed by atoms with Gasteiger partial charge < -0.3 is 4.74 Å². The summed E-state index contributed by atoms with van der Waals surface area (Å²) < 4.78 is 7.54. The number of hydrogen-bond acceptors (Lipinski definition) is 4. The molecule has 0 fully saturated rings. The number of aryl methyl sites for hydroxylation is 2. The van der Waals surface area contributed by atoms with Gasteiger partial charge in [-0.15, -0.1) is 0 Å². The third kappa shape index (κ3) is 2.91. The molecule has 4 rings (SSSR count). The van der Waals surface area contributed by atoms with Gasteiger partial charge >= 0.3 is 0 Å². The fraction of sp³-hybridized carbons (Fsp3) is 0.136. The van der Waals surface area contributed by atoms with Crippen LogP contribution in [-0.4, -0.2) is 21.5 Å². The number of aromatic nitrogens is 3. The zero-order valence-electron chi connectivity index (χ0n) is 15.4. The quantitative estimate of drug-likeness (QED) is 0.541. The molecule has 0 unspecified atom stereocenters. The van der Waals surface area contributed by atoms with Gasteiger partial charge in [0.25, 0.3) is 5.88 Å². The van der Waals surface area contributed by atoms with Crippen molar-refractivity contribution in [3.63, 3.8) is 0 Å². The van der Waals surface area contributed by atoms with E-state index in [4.69, 9.17) is 15.0 Å². The van der Waals surface area contributed by atoms with Crippen LogP contribution in [0.25, 0.3) is 28.2 Å². The normalized spacial score (nSPS) is 10.7. The lowest BCUT2D eigenvalue weighted by Crippen LogP contribution is -2.02. The van der Waals surface area contributed by atoms with Gasteiger partial charge in [0.05, 0.1) is 35.8 Å².